The normalized spacial score (nSPS) is 30.4. The van der Waals surface area contributed by atoms with Gasteiger partial charge in [0.15, 0.2) is 0 Å². The molecule has 1 aromatic heterocycles. The molecule has 0 aromatic carbocycles. The van der Waals surface area contributed by atoms with Crippen LogP contribution in [-0.2, 0) is 4.74 Å². The van der Waals surface area contributed by atoms with Gasteiger partial charge in [0.2, 0.25) is 0 Å². The summed E-state index contributed by atoms with van der Waals surface area (Å²) in [6.07, 6.45) is -1.55. The lowest BCUT2D eigenvalue weighted by Gasteiger charge is -2.17. The van der Waals surface area contributed by atoms with Crippen molar-refractivity contribution in [2.45, 2.75) is 37.9 Å². The SMILES string of the molecule is C[C@@H](O)[C@H]1O[C@@H](n2ccc(=O)[nH]c2=O)CC1O. The van der Waals surface area contributed by atoms with Crippen LogP contribution in [0.25, 0.3) is 0 Å². The first-order chi connectivity index (χ1) is 7.99. The highest BCUT2D eigenvalue weighted by atomic mass is 16.5. The van der Waals surface area contributed by atoms with E-state index in [9.17, 15) is 19.8 Å². The highest BCUT2D eigenvalue weighted by molar-refractivity contribution is 4.89. The van der Waals surface area contributed by atoms with Gasteiger partial charge in [-0.15, -0.1) is 0 Å². The van der Waals surface area contributed by atoms with E-state index in [2.05, 4.69) is 4.98 Å². The fourth-order valence-corrected chi connectivity index (χ4v) is 1.94. The van der Waals surface area contributed by atoms with Gasteiger partial charge in [-0.05, 0) is 6.92 Å². The van der Waals surface area contributed by atoms with E-state index in [1.165, 1.54) is 23.8 Å². The van der Waals surface area contributed by atoms with Crippen LogP contribution in [0.3, 0.4) is 0 Å². The van der Waals surface area contributed by atoms with E-state index in [0.717, 1.165) is 0 Å². The Morgan fingerprint density at radius 2 is 2.29 bits per heavy atom. The summed E-state index contributed by atoms with van der Waals surface area (Å²) >= 11 is 0. The van der Waals surface area contributed by atoms with Crippen molar-refractivity contribution in [3.63, 3.8) is 0 Å². The first kappa shape index (κ1) is 12.0. The average molecular weight is 242 g/mol. The molecule has 2 heterocycles. The van der Waals surface area contributed by atoms with E-state index in [-0.39, 0.29) is 6.42 Å². The molecule has 4 atom stereocenters. The average Bonchev–Trinajstić information content (AvgIpc) is 2.60. The number of rotatable bonds is 2. The number of hydrogen-bond acceptors (Lipinski definition) is 5. The zero-order valence-electron chi connectivity index (χ0n) is 9.24. The summed E-state index contributed by atoms with van der Waals surface area (Å²) in [4.78, 5) is 24.5. The van der Waals surface area contributed by atoms with Gasteiger partial charge in [0.25, 0.3) is 5.56 Å². The Morgan fingerprint density at radius 3 is 2.82 bits per heavy atom. The van der Waals surface area contributed by atoms with Gasteiger partial charge in [0.05, 0.1) is 12.2 Å². The van der Waals surface area contributed by atoms with Crippen molar-refractivity contribution < 1.29 is 14.9 Å². The molecule has 1 unspecified atom stereocenters. The Labute approximate surface area is 96.3 Å². The van der Waals surface area contributed by atoms with Crippen LogP contribution in [0.15, 0.2) is 21.9 Å². The minimum Gasteiger partial charge on any atom is -0.391 e. The van der Waals surface area contributed by atoms with Crippen molar-refractivity contribution in [1.29, 1.82) is 0 Å². The molecule has 1 aliphatic rings. The lowest BCUT2D eigenvalue weighted by molar-refractivity contribution is -0.0770. The minimum atomic E-state index is -0.834. The van der Waals surface area contributed by atoms with Gasteiger partial charge in [-0.25, -0.2) is 4.79 Å². The molecule has 0 bridgehead atoms. The van der Waals surface area contributed by atoms with E-state index in [1.807, 2.05) is 0 Å². The lowest BCUT2D eigenvalue weighted by Crippen LogP contribution is -2.33. The first-order valence-corrected chi connectivity index (χ1v) is 5.32. The van der Waals surface area contributed by atoms with Gasteiger partial charge in [-0.2, -0.15) is 0 Å². The Balaban J connectivity index is 2.26. The predicted octanol–water partition coefficient (Wildman–Crippen LogP) is -1.43. The van der Waals surface area contributed by atoms with Gasteiger partial charge in [-0.1, -0.05) is 0 Å². The second kappa shape index (κ2) is 4.44. The van der Waals surface area contributed by atoms with Crippen LogP contribution in [0.2, 0.25) is 0 Å². The highest BCUT2D eigenvalue weighted by Crippen LogP contribution is 2.29. The molecule has 1 saturated heterocycles. The number of aliphatic hydroxyl groups excluding tert-OH is 2. The Hall–Kier alpha value is -1.44. The summed E-state index contributed by atoms with van der Waals surface area (Å²) in [7, 11) is 0. The quantitative estimate of drug-likeness (QED) is 0.589. The van der Waals surface area contributed by atoms with Crippen molar-refractivity contribution in [2.24, 2.45) is 0 Å². The summed E-state index contributed by atoms with van der Waals surface area (Å²) in [6, 6.07) is 1.20. The summed E-state index contributed by atoms with van der Waals surface area (Å²) in [5.41, 5.74) is -1.09. The lowest BCUT2D eigenvalue weighted by atomic mass is 10.1. The van der Waals surface area contributed by atoms with Gasteiger partial charge in [-0.3, -0.25) is 14.3 Å². The third-order valence-electron chi connectivity index (χ3n) is 2.77. The molecule has 2 rings (SSSR count). The minimum absolute atomic E-state index is 0.196. The number of aliphatic hydroxyl groups is 2. The summed E-state index contributed by atoms with van der Waals surface area (Å²) in [5.74, 6) is 0. The van der Waals surface area contributed by atoms with Crippen LogP contribution >= 0.6 is 0 Å². The van der Waals surface area contributed by atoms with E-state index < -0.39 is 35.8 Å². The van der Waals surface area contributed by atoms with Crippen LogP contribution in [0.5, 0.6) is 0 Å². The number of nitrogens with one attached hydrogen (secondary N) is 1. The van der Waals surface area contributed by atoms with Crippen LogP contribution in [0, 0.1) is 0 Å². The Kier molecular flexibility index (Phi) is 3.14. The molecular weight excluding hydrogens is 228 g/mol. The van der Waals surface area contributed by atoms with Crippen LogP contribution in [-0.4, -0.2) is 38.1 Å². The molecule has 0 spiro atoms. The molecule has 7 nitrogen and oxygen atoms in total. The second-order valence-electron chi connectivity index (χ2n) is 4.12. The maximum Gasteiger partial charge on any atom is 0.330 e. The maximum atomic E-state index is 11.5. The van der Waals surface area contributed by atoms with Gasteiger partial charge < -0.3 is 14.9 Å². The number of hydrogen-bond donors (Lipinski definition) is 3. The number of nitrogens with zero attached hydrogens (tertiary/aromatic N) is 1. The van der Waals surface area contributed by atoms with Crippen molar-refractivity contribution in [2.75, 3.05) is 0 Å². The smallest absolute Gasteiger partial charge is 0.330 e. The molecule has 3 N–H and O–H groups in total. The topological polar surface area (TPSA) is 105 Å². The van der Waals surface area contributed by atoms with Gasteiger partial charge in [0.1, 0.15) is 12.3 Å². The highest BCUT2D eigenvalue weighted by Gasteiger charge is 2.37. The summed E-state index contributed by atoms with van der Waals surface area (Å²) in [5, 5.41) is 19.0. The van der Waals surface area contributed by atoms with Crippen molar-refractivity contribution in [1.82, 2.24) is 9.55 Å². The fraction of sp³-hybridized carbons (Fsp3) is 0.600. The standard InChI is InChI=1S/C10H14N2O5/c1-5(13)9-6(14)4-8(17-9)12-3-2-7(15)11-10(12)16/h2-3,5-6,8-9,13-14H,4H2,1H3,(H,11,15,16)/t5-,6?,8-,9-/m1/s1. The molecule has 0 aliphatic carbocycles. The molecule has 1 fully saturated rings. The second-order valence-corrected chi connectivity index (χ2v) is 4.12. The number of ether oxygens (including phenoxy) is 1. The molecule has 17 heavy (non-hydrogen) atoms. The van der Waals surface area contributed by atoms with Crippen LogP contribution in [0.1, 0.15) is 19.6 Å². The maximum absolute atomic E-state index is 11.5. The van der Waals surface area contributed by atoms with E-state index >= 15 is 0 Å². The zero-order chi connectivity index (χ0) is 12.6. The van der Waals surface area contributed by atoms with E-state index in [1.54, 1.807) is 0 Å². The largest absolute Gasteiger partial charge is 0.391 e. The molecule has 94 valence electrons. The molecule has 0 radical (unpaired) electrons. The third kappa shape index (κ3) is 2.31. The zero-order valence-corrected chi connectivity index (χ0v) is 9.24. The Bertz CT molecular complexity index is 506. The van der Waals surface area contributed by atoms with E-state index in [4.69, 9.17) is 4.74 Å². The van der Waals surface area contributed by atoms with E-state index in [0.29, 0.717) is 0 Å². The molecule has 1 aliphatic heterocycles. The molecule has 0 amide bonds. The number of aromatic amines is 1. The summed E-state index contributed by atoms with van der Waals surface area (Å²) < 4.78 is 6.57. The molecule has 7 heteroatoms. The first-order valence-electron chi connectivity index (χ1n) is 5.32. The van der Waals surface area contributed by atoms with Gasteiger partial charge in [0, 0.05) is 18.7 Å². The number of H-pyrrole nitrogens is 1. The molecule has 1 aromatic rings. The van der Waals surface area contributed by atoms with Crippen molar-refractivity contribution >= 4 is 0 Å². The van der Waals surface area contributed by atoms with Crippen LogP contribution in [0.4, 0.5) is 0 Å². The predicted molar refractivity (Wildman–Crippen MR) is 57.5 cm³/mol. The third-order valence-corrected chi connectivity index (χ3v) is 2.77. The summed E-state index contributed by atoms with van der Waals surface area (Å²) in [6.45, 7) is 1.51. The monoisotopic (exact) mass is 242 g/mol. The molecule has 0 saturated carbocycles. The molecular formula is C10H14N2O5. The number of aromatic nitrogens is 2. The fourth-order valence-electron chi connectivity index (χ4n) is 1.94. The Morgan fingerprint density at radius 1 is 1.59 bits per heavy atom. The van der Waals surface area contributed by atoms with Gasteiger partial charge >= 0.3 is 5.69 Å². The van der Waals surface area contributed by atoms with Crippen molar-refractivity contribution in [3.05, 3.63) is 33.1 Å². The van der Waals surface area contributed by atoms with Crippen molar-refractivity contribution in [3.8, 4) is 0 Å². The van der Waals surface area contributed by atoms with Crippen LogP contribution < -0.4 is 11.2 Å².